The molecule has 0 amide bonds. The molecule has 0 radical (unpaired) electrons. The summed E-state index contributed by atoms with van der Waals surface area (Å²) in [6.07, 6.45) is 2.43. The number of nitrogens with zero attached hydrogens (tertiary/aromatic N) is 2. The van der Waals surface area contributed by atoms with E-state index in [2.05, 4.69) is 17.1 Å². The lowest BCUT2D eigenvalue weighted by molar-refractivity contribution is 0.447. The first-order chi connectivity index (χ1) is 12.2. The second kappa shape index (κ2) is 6.60. The van der Waals surface area contributed by atoms with Gasteiger partial charge in [0, 0.05) is 17.2 Å². The summed E-state index contributed by atoms with van der Waals surface area (Å²) >= 11 is 1.36. The first-order valence-corrected chi connectivity index (χ1v) is 8.77. The fourth-order valence-corrected chi connectivity index (χ4v) is 3.28. The van der Waals surface area contributed by atoms with Gasteiger partial charge in [-0.3, -0.25) is 0 Å². The highest BCUT2D eigenvalue weighted by Gasteiger charge is 2.13. The molecule has 3 aromatic heterocycles. The predicted molar refractivity (Wildman–Crippen MR) is 93.4 cm³/mol. The maximum atomic E-state index is 11.8. The van der Waals surface area contributed by atoms with Crippen LogP contribution in [0.3, 0.4) is 0 Å². The van der Waals surface area contributed by atoms with E-state index in [4.69, 9.17) is 13.3 Å². The Kier molecular flexibility index (Phi) is 4.15. The Balaban J connectivity index is 1.59. The first kappa shape index (κ1) is 15.7. The normalized spacial score (nSPS) is 11.2. The zero-order valence-corrected chi connectivity index (χ0v) is 14.2. The van der Waals surface area contributed by atoms with Gasteiger partial charge in [-0.05, 0) is 35.7 Å². The Bertz CT molecular complexity index is 1070. The van der Waals surface area contributed by atoms with E-state index in [0.29, 0.717) is 28.2 Å². The molecule has 7 heteroatoms. The Morgan fingerprint density at radius 1 is 1.12 bits per heavy atom. The van der Waals surface area contributed by atoms with Gasteiger partial charge in [0.2, 0.25) is 0 Å². The largest absolute Gasteiger partial charge is 0.459 e. The van der Waals surface area contributed by atoms with Gasteiger partial charge < -0.3 is 13.3 Å². The molecular weight excluding hydrogens is 340 g/mol. The number of hydrogen-bond acceptors (Lipinski definition) is 7. The number of benzene rings is 1. The van der Waals surface area contributed by atoms with Crippen LogP contribution in [0.25, 0.3) is 22.6 Å². The molecule has 0 bridgehead atoms. The molecule has 0 saturated heterocycles. The fraction of sp³-hybridized carbons (Fsp3) is 0.167. The van der Waals surface area contributed by atoms with E-state index in [1.807, 2.05) is 18.2 Å². The van der Waals surface area contributed by atoms with Crippen molar-refractivity contribution in [1.29, 1.82) is 0 Å². The quantitative estimate of drug-likeness (QED) is 0.390. The minimum atomic E-state index is -0.363. The highest BCUT2D eigenvalue weighted by Crippen LogP contribution is 2.28. The van der Waals surface area contributed by atoms with Gasteiger partial charge in [0.05, 0.1) is 6.26 Å². The topological polar surface area (TPSA) is 82.3 Å². The van der Waals surface area contributed by atoms with E-state index in [9.17, 15) is 4.79 Å². The van der Waals surface area contributed by atoms with E-state index < -0.39 is 0 Å². The fourth-order valence-electron chi connectivity index (χ4n) is 2.52. The molecule has 4 aromatic rings. The minimum Gasteiger partial charge on any atom is -0.459 e. The van der Waals surface area contributed by atoms with E-state index in [1.54, 1.807) is 18.4 Å². The van der Waals surface area contributed by atoms with Crippen molar-refractivity contribution in [2.24, 2.45) is 0 Å². The molecule has 0 aliphatic rings. The van der Waals surface area contributed by atoms with Crippen LogP contribution in [-0.2, 0) is 12.2 Å². The molecule has 4 rings (SSSR count). The molecule has 6 nitrogen and oxygen atoms in total. The molecule has 0 saturated carbocycles. The Morgan fingerprint density at radius 2 is 2.04 bits per heavy atom. The van der Waals surface area contributed by atoms with Gasteiger partial charge in [-0.2, -0.15) is 0 Å². The summed E-state index contributed by atoms with van der Waals surface area (Å²) in [4.78, 5) is 11.8. The third-order valence-electron chi connectivity index (χ3n) is 3.79. The summed E-state index contributed by atoms with van der Waals surface area (Å²) in [7, 11) is 0. The smallest absolute Gasteiger partial charge is 0.336 e. The zero-order chi connectivity index (χ0) is 17.2. The summed E-state index contributed by atoms with van der Waals surface area (Å²) < 4.78 is 16.1. The monoisotopic (exact) mass is 354 g/mol. The van der Waals surface area contributed by atoms with Crippen molar-refractivity contribution in [3.63, 3.8) is 0 Å². The van der Waals surface area contributed by atoms with Crippen molar-refractivity contribution >= 4 is 22.7 Å². The van der Waals surface area contributed by atoms with Crippen molar-refractivity contribution in [3.05, 3.63) is 64.2 Å². The molecule has 0 fully saturated rings. The van der Waals surface area contributed by atoms with Crippen LogP contribution in [0, 0.1) is 0 Å². The lowest BCUT2D eigenvalue weighted by atomic mass is 10.1. The van der Waals surface area contributed by atoms with Crippen LogP contribution in [-0.4, -0.2) is 10.2 Å². The third kappa shape index (κ3) is 3.23. The average molecular weight is 354 g/mol. The van der Waals surface area contributed by atoms with Crippen molar-refractivity contribution in [2.45, 2.75) is 24.3 Å². The summed E-state index contributed by atoms with van der Waals surface area (Å²) in [5.74, 6) is 1.38. The van der Waals surface area contributed by atoms with Crippen molar-refractivity contribution in [2.75, 3.05) is 0 Å². The molecule has 0 unspecified atom stereocenters. The highest BCUT2D eigenvalue weighted by molar-refractivity contribution is 7.98. The molecule has 3 heterocycles. The number of hydrogen-bond donors (Lipinski definition) is 0. The van der Waals surface area contributed by atoms with E-state index >= 15 is 0 Å². The number of aryl methyl sites for hydroxylation is 1. The average Bonchev–Trinajstić information content (AvgIpc) is 3.30. The maximum absolute atomic E-state index is 11.8. The van der Waals surface area contributed by atoms with E-state index in [-0.39, 0.29) is 5.63 Å². The highest BCUT2D eigenvalue weighted by atomic mass is 32.2. The Hall–Kier alpha value is -2.80. The number of rotatable bonds is 5. The lowest BCUT2D eigenvalue weighted by Crippen LogP contribution is -2.00. The van der Waals surface area contributed by atoms with Gasteiger partial charge in [0.1, 0.15) is 5.58 Å². The molecule has 0 spiro atoms. The molecule has 25 heavy (non-hydrogen) atoms. The van der Waals surface area contributed by atoms with Gasteiger partial charge in [-0.25, -0.2) is 4.79 Å². The Morgan fingerprint density at radius 3 is 2.84 bits per heavy atom. The van der Waals surface area contributed by atoms with Gasteiger partial charge in [0.15, 0.2) is 5.76 Å². The van der Waals surface area contributed by atoms with Crippen molar-refractivity contribution < 1.29 is 13.3 Å². The number of furan rings is 1. The van der Waals surface area contributed by atoms with Gasteiger partial charge in [-0.1, -0.05) is 30.8 Å². The van der Waals surface area contributed by atoms with Gasteiger partial charge >= 0.3 is 5.63 Å². The number of thioether (sulfide) groups is 1. The standard InChI is InChI=1S/C18H14N2O4S/c1-2-11-5-6-13-12(9-16(21)23-15(13)8-11)10-25-18-20-19-17(24-18)14-4-3-7-22-14/h3-9H,2,10H2,1H3. The van der Waals surface area contributed by atoms with Crippen LogP contribution in [0.15, 0.2) is 65.9 Å². The second-order valence-corrected chi connectivity index (χ2v) is 6.34. The maximum Gasteiger partial charge on any atom is 0.336 e. The molecule has 0 N–H and O–H groups in total. The van der Waals surface area contributed by atoms with Crippen LogP contribution in [0.5, 0.6) is 0 Å². The van der Waals surface area contributed by atoms with Crippen molar-refractivity contribution in [1.82, 2.24) is 10.2 Å². The molecular formula is C18H14N2O4S. The first-order valence-electron chi connectivity index (χ1n) is 7.79. The van der Waals surface area contributed by atoms with Gasteiger partial charge in [0.25, 0.3) is 11.1 Å². The van der Waals surface area contributed by atoms with Crippen LogP contribution in [0.4, 0.5) is 0 Å². The van der Waals surface area contributed by atoms with Gasteiger partial charge in [-0.15, -0.1) is 10.2 Å². The Labute approximate surface area is 146 Å². The number of aromatic nitrogens is 2. The zero-order valence-electron chi connectivity index (χ0n) is 13.4. The van der Waals surface area contributed by atoms with Crippen molar-refractivity contribution in [3.8, 4) is 11.7 Å². The van der Waals surface area contributed by atoms with Crippen LogP contribution in [0.1, 0.15) is 18.1 Å². The lowest BCUT2D eigenvalue weighted by Gasteiger charge is -2.05. The number of fused-ring (bicyclic) bond motifs is 1. The van der Waals surface area contributed by atoms with Crippen LogP contribution < -0.4 is 5.63 Å². The summed E-state index contributed by atoms with van der Waals surface area (Å²) in [6.45, 7) is 2.06. The summed E-state index contributed by atoms with van der Waals surface area (Å²) in [5.41, 5.74) is 2.24. The predicted octanol–water partition coefficient (Wildman–Crippen LogP) is 4.29. The molecule has 0 aliphatic heterocycles. The molecule has 0 atom stereocenters. The second-order valence-electron chi connectivity index (χ2n) is 5.41. The summed E-state index contributed by atoms with van der Waals surface area (Å²) in [6, 6.07) is 10.9. The molecule has 1 aromatic carbocycles. The van der Waals surface area contributed by atoms with Crippen LogP contribution >= 0.6 is 11.8 Å². The SMILES string of the molecule is CCc1ccc2c(CSc3nnc(-c4ccco4)o3)cc(=O)oc2c1. The molecule has 0 aliphatic carbocycles. The minimum absolute atomic E-state index is 0.331. The van der Waals surface area contributed by atoms with E-state index in [0.717, 1.165) is 22.9 Å². The summed E-state index contributed by atoms with van der Waals surface area (Å²) in [5, 5.41) is 9.29. The third-order valence-corrected chi connectivity index (χ3v) is 4.66. The molecule has 126 valence electrons. The van der Waals surface area contributed by atoms with E-state index in [1.165, 1.54) is 17.8 Å². The van der Waals surface area contributed by atoms with Crippen LogP contribution in [0.2, 0.25) is 0 Å².